The van der Waals surface area contributed by atoms with Gasteiger partial charge < -0.3 is 13.9 Å². The van der Waals surface area contributed by atoms with E-state index in [9.17, 15) is 4.79 Å². The number of rotatable bonds is 3. The summed E-state index contributed by atoms with van der Waals surface area (Å²) in [6.07, 6.45) is 1.66. The third kappa shape index (κ3) is 2.45. The lowest BCUT2D eigenvalue weighted by Crippen LogP contribution is -1.99. The molecule has 0 unspecified atom stereocenters. The smallest absolute Gasteiger partial charge is 0.336 e. The standard InChI is InChI=1S/C16H13NO4/c1-19-11-4-5-14-13(7-11)12(8-16(18)21-14)10-3-6-15(20-2)17-9-10/h3-9H,1-2H3. The molecule has 0 aliphatic carbocycles. The van der Waals surface area contributed by atoms with Crippen molar-refractivity contribution < 1.29 is 13.9 Å². The monoisotopic (exact) mass is 283 g/mol. The summed E-state index contributed by atoms with van der Waals surface area (Å²) >= 11 is 0. The quantitative estimate of drug-likeness (QED) is 0.692. The first-order valence-electron chi connectivity index (χ1n) is 6.33. The van der Waals surface area contributed by atoms with Crippen molar-refractivity contribution in [1.82, 2.24) is 4.98 Å². The average Bonchev–Trinajstić information content (AvgIpc) is 2.53. The van der Waals surface area contributed by atoms with Crippen LogP contribution in [0.4, 0.5) is 0 Å². The molecular weight excluding hydrogens is 270 g/mol. The normalized spacial score (nSPS) is 10.6. The van der Waals surface area contributed by atoms with E-state index in [4.69, 9.17) is 13.9 Å². The largest absolute Gasteiger partial charge is 0.497 e. The second kappa shape index (κ2) is 5.28. The van der Waals surface area contributed by atoms with Gasteiger partial charge in [-0.1, -0.05) is 0 Å². The van der Waals surface area contributed by atoms with Gasteiger partial charge in [0.05, 0.1) is 14.2 Å². The van der Waals surface area contributed by atoms with E-state index in [1.807, 2.05) is 12.1 Å². The summed E-state index contributed by atoms with van der Waals surface area (Å²) in [5, 5.41) is 0.793. The van der Waals surface area contributed by atoms with Gasteiger partial charge in [-0.25, -0.2) is 9.78 Å². The van der Waals surface area contributed by atoms with Gasteiger partial charge in [0.15, 0.2) is 0 Å². The highest BCUT2D eigenvalue weighted by molar-refractivity contribution is 5.93. The van der Waals surface area contributed by atoms with Crippen LogP contribution in [0.3, 0.4) is 0 Å². The van der Waals surface area contributed by atoms with E-state index in [1.165, 1.54) is 6.07 Å². The topological polar surface area (TPSA) is 61.6 Å². The van der Waals surface area contributed by atoms with Gasteiger partial charge in [-0.2, -0.15) is 0 Å². The van der Waals surface area contributed by atoms with E-state index in [0.29, 0.717) is 17.2 Å². The van der Waals surface area contributed by atoms with Gasteiger partial charge in [0.25, 0.3) is 0 Å². The first-order valence-corrected chi connectivity index (χ1v) is 6.33. The van der Waals surface area contributed by atoms with Crippen LogP contribution in [0, 0.1) is 0 Å². The van der Waals surface area contributed by atoms with Crippen LogP contribution in [-0.2, 0) is 0 Å². The molecule has 0 spiro atoms. The summed E-state index contributed by atoms with van der Waals surface area (Å²) in [6, 6.07) is 10.3. The molecule has 106 valence electrons. The molecule has 0 amide bonds. The zero-order chi connectivity index (χ0) is 14.8. The molecule has 0 aliphatic rings. The highest BCUT2D eigenvalue weighted by Gasteiger charge is 2.09. The maximum atomic E-state index is 11.7. The highest BCUT2D eigenvalue weighted by Crippen LogP contribution is 2.30. The number of benzene rings is 1. The molecule has 2 heterocycles. The minimum atomic E-state index is -0.404. The fraction of sp³-hybridized carbons (Fsp3) is 0.125. The van der Waals surface area contributed by atoms with Crippen LogP contribution in [0.15, 0.2) is 51.8 Å². The van der Waals surface area contributed by atoms with E-state index >= 15 is 0 Å². The van der Waals surface area contributed by atoms with Gasteiger partial charge in [0.1, 0.15) is 11.3 Å². The van der Waals surface area contributed by atoms with Crippen LogP contribution in [0.25, 0.3) is 22.1 Å². The fourth-order valence-corrected chi connectivity index (χ4v) is 2.17. The molecule has 3 rings (SSSR count). The third-order valence-electron chi connectivity index (χ3n) is 3.21. The van der Waals surface area contributed by atoms with E-state index in [0.717, 1.165) is 16.5 Å². The van der Waals surface area contributed by atoms with Crippen molar-refractivity contribution in [2.45, 2.75) is 0 Å². The highest BCUT2D eigenvalue weighted by atomic mass is 16.5. The fourth-order valence-electron chi connectivity index (χ4n) is 2.17. The molecule has 0 N–H and O–H groups in total. The Kier molecular flexibility index (Phi) is 3.31. The SMILES string of the molecule is COc1ccc2oc(=O)cc(-c3ccc(OC)nc3)c2c1. The Hall–Kier alpha value is -2.82. The van der Waals surface area contributed by atoms with Gasteiger partial charge in [-0.3, -0.25) is 0 Å². The van der Waals surface area contributed by atoms with E-state index < -0.39 is 5.63 Å². The number of methoxy groups -OCH3 is 2. The molecule has 0 aliphatic heterocycles. The lowest BCUT2D eigenvalue weighted by atomic mass is 10.0. The predicted octanol–water partition coefficient (Wildman–Crippen LogP) is 2.87. The first-order chi connectivity index (χ1) is 10.2. The molecule has 0 atom stereocenters. The number of hydrogen-bond donors (Lipinski definition) is 0. The molecule has 5 heteroatoms. The number of aromatic nitrogens is 1. The Labute approximate surface area is 120 Å². The lowest BCUT2D eigenvalue weighted by Gasteiger charge is -2.07. The summed E-state index contributed by atoms with van der Waals surface area (Å²) in [5.41, 5.74) is 1.66. The van der Waals surface area contributed by atoms with Crippen LogP contribution in [0.1, 0.15) is 0 Å². The minimum Gasteiger partial charge on any atom is -0.497 e. The molecule has 21 heavy (non-hydrogen) atoms. The molecule has 5 nitrogen and oxygen atoms in total. The number of hydrogen-bond acceptors (Lipinski definition) is 5. The van der Waals surface area contributed by atoms with Crippen molar-refractivity contribution >= 4 is 11.0 Å². The summed E-state index contributed by atoms with van der Waals surface area (Å²) in [6.45, 7) is 0. The second-order valence-corrected chi connectivity index (χ2v) is 4.43. The maximum Gasteiger partial charge on any atom is 0.336 e. The summed E-state index contributed by atoms with van der Waals surface area (Å²) < 4.78 is 15.5. The zero-order valence-electron chi connectivity index (χ0n) is 11.6. The van der Waals surface area contributed by atoms with Gasteiger partial charge in [-0.15, -0.1) is 0 Å². The Morgan fingerprint density at radius 1 is 1.05 bits per heavy atom. The molecule has 0 bridgehead atoms. The Morgan fingerprint density at radius 2 is 1.90 bits per heavy atom. The lowest BCUT2D eigenvalue weighted by molar-refractivity contribution is 0.398. The molecule has 2 aromatic heterocycles. The summed E-state index contributed by atoms with van der Waals surface area (Å²) in [7, 11) is 3.15. The van der Waals surface area contributed by atoms with Crippen LogP contribution in [0.2, 0.25) is 0 Å². The van der Waals surface area contributed by atoms with E-state index in [-0.39, 0.29) is 0 Å². The molecular formula is C16H13NO4. The average molecular weight is 283 g/mol. The number of nitrogens with zero attached hydrogens (tertiary/aromatic N) is 1. The zero-order valence-corrected chi connectivity index (χ0v) is 11.6. The van der Waals surface area contributed by atoms with Crippen molar-refractivity contribution in [2.75, 3.05) is 14.2 Å². The van der Waals surface area contributed by atoms with Crippen LogP contribution >= 0.6 is 0 Å². The Morgan fingerprint density at radius 3 is 2.57 bits per heavy atom. The summed E-state index contributed by atoms with van der Waals surface area (Å²) in [5.74, 6) is 1.21. The van der Waals surface area contributed by atoms with E-state index in [2.05, 4.69) is 4.98 Å². The Bertz CT molecular complexity index is 837. The van der Waals surface area contributed by atoms with Gasteiger partial charge >= 0.3 is 5.63 Å². The minimum absolute atomic E-state index is 0.404. The van der Waals surface area contributed by atoms with Gasteiger partial charge in [0, 0.05) is 34.8 Å². The maximum absolute atomic E-state index is 11.7. The molecule has 0 saturated carbocycles. The van der Waals surface area contributed by atoms with Crippen LogP contribution in [0.5, 0.6) is 11.6 Å². The number of pyridine rings is 1. The predicted molar refractivity (Wildman–Crippen MR) is 78.8 cm³/mol. The number of ether oxygens (including phenoxy) is 2. The van der Waals surface area contributed by atoms with Crippen molar-refractivity contribution in [1.29, 1.82) is 0 Å². The first kappa shape index (κ1) is 13.2. The number of fused-ring (bicyclic) bond motifs is 1. The molecule has 0 saturated heterocycles. The molecule has 0 fully saturated rings. The van der Waals surface area contributed by atoms with Crippen molar-refractivity contribution in [3.05, 3.63) is 53.0 Å². The molecule has 0 radical (unpaired) electrons. The van der Waals surface area contributed by atoms with E-state index in [1.54, 1.807) is 38.6 Å². The molecule has 3 aromatic rings. The van der Waals surface area contributed by atoms with Crippen molar-refractivity contribution in [2.24, 2.45) is 0 Å². The van der Waals surface area contributed by atoms with Crippen LogP contribution < -0.4 is 15.1 Å². The summed E-state index contributed by atoms with van der Waals surface area (Å²) in [4.78, 5) is 15.9. The third-order valence-corrected chi connectivity index (χ3v) is 3.21. The van der Waals surface area contributed by atoms with Crippen LogP contribution in [-0.4, -0.2) is 19.2 Å². The van der Waals surface area contributed by atoms with Gasteiger partial charge in [-0.05, 0) is 24.3 Å². The van der Waals surface area contributed by atoms with Crippen molar-refractivity contribution in [3.63, 3.8) is 0 Å². The molecule has 1 aromatic carbocycles. The van der Waals surface area contributed by atoms with Crippen molar-refractivity contribution in [3.8, 4) is 22.8 Å². The van der Waals surface area contributed by atoms with Gasteiger partial charge in [0.2, 0.25) is 5.88 Å². The second-order valence-electron chi connectivity index (χ2n) is 4.43. The Balaban J connectivity index is 2.26.